The Balaban J connectivity index is 1.44. The number of hydrogen-bond acceptors (Lipinski definition) is 3. The largest absolute Gasteiger partial charge is 0.396 e. The maximum atomic E-state index is 9.44. The Kier molecular flexibility index (Phi) is 4.44. The highest BCUT2D eigenvalue weighted by atomic mass is 16.5. The zero-order chi connectivity index (χ0) is 15.7. The van der Waals surface area contributed by atoms with Crippen LogP contribution in [0.3, 0.4) is 0 Å². The summed E-state index contributed by atoms with van der Waals surface area (Å²) < 4.78 is 6.08. The second-order valence-electron chi connectivity index (χ2n) is 7.69. The fraction of sp³-hybridized carbons (Fsp3) is 0.700. The van der Waals surface area contributed by atoms with E-state index in [9.17, 15) is 5.11 Å². The molecule has 3 fully saturated rings. The van der Waals surface area contributed by atoms with Gasteiger partial charge in [-0.05, 0) is 37.2 Å². The molecule has 2 N–H and O–H groups in total. The highest BCUT2D eigenvalue weighted by Gasteiger charge is 2.64. The van der Waals surface area contributed by atoms with Crippen molar-refractivity contribution in [3.05, 3.63) is 35.9 Å². The zero-order valence-corrected chi connectivity index (χ0v) is 13.9. The van der Waals surface area contributed by atoms with Gasteiger partial charge in [-0.25, -0.2) is 0 Å². The van der Waals surface area contributed by atoms with Crippen molar-refractivity contribution in [2.24, 2.45) is 11.3 Å². The molecule has 0 bridgehead atoms. The molecule has 2 unspecified atom stereocenters. The monoisotopic (exact) mass is 315 g/mol. The van der Waals surface area contributed by atoms with Crippen molar-refractivity contribution < 1.29 is 9.84 Å². The maximum Gasteiger partial charge on any atom is 0.0690 e. The van der Waals surface area contributed by atoms with E-state index in [1.54, 1.807) is 0 Å². The first-order valence-corrected chi connectivity index (χ1v) is 9.36. The minimum atomic E-state index is 0.256. The average molecular weight is 315 g/mol. The van der Waals surface area contributed by atoms with Crippen molar-refractivity contribution >= 4 is 0 Å². The highest BCUT2D eigenvalue weighted by molar-refractivity contribution is 5.21. The molecule has 2 saturated carbocycles. The molecule has 1 aliphatic heterocycles. The summed E-state index contributed by atoms with van der Waals surface area (Å²) in [4.78, 5) is 0. The van der Waals surface area contributed by atoms with Gasteiger partial charge >= 0.3 is 0 Å². The summed E-state index contributed by atoms with van der Waals surface area (Å²) >= 11 is 0. The molecule has 126 valence electrons. The van der Waals surface area contributed by atoms with Crippen LogP contribution in [0.5, 0.6) is 0 Å². The van der Waals surface area contributed by atoms with Crippen molar-refractivity contribution in [3.8, 4) is 0 Å². The molecule has 3 nitrogen and oxygen atoms in total. The highest BCUT2D eigenvalue weighted by Crippen LogP contribution is 2.60. The summed E-state index contributed by atoms with van der Waals surface area (Å²) in [6.45, 7) is 2.18. The molecule has 1 heterocycles. The third-order valence-electron chi connectivity index (χ3n) is 6.62. The first-order chi connectivity index (χ1) is 11.3. The molecule has 4 atom stereocenters. The van der Waals surface area contributed by atoms with E-state index >= 15 is 0 Å². The second-order valence-corrected chi connectivity index (χ2v) is 7.69. The fourth-order valence-electron chi connectivity index (χ4n) is 5.54. The number of hydrogen-bond donors (Lipinski definition) is 2. The maximum absolute atomic E-state index is 9.44. The van der Waals surface area contributed by atoms with Gasteiger partial charge in [0, 0.05) is 37.1 Å². The molecule has 1 aromatic carbocycles. The predicted molar refractivity (Wildman–Crippen MR) is 91.4 cm³/mol. The lowest BCUT2D eigenvalue weighted by atomic mass is 9.54. The van der Waals surface area contributed by atoms with Gasteiger partial charge in [-0.15, -0.1) is 0 Å². The minimum Gasteiger partial charge on any atom is -0.396 e. The van der Waals surface area contributed by atoms with Gasteiger partial charge in [-0.1, -0.05) is 43.2 Å². The lowest BCUT2D eigenvalue weighted by molar-refractivity contribution is -0.130. The molecule has 3 aliphatic rings. The molecule has 4 rings (SSSR count). The van der Waals surface area contributed by atoms with E-state index in [-0.39, 0.29) is 6.61 Å². The van der Waals surface area contributed by atoms with Crippen molar-refractivity contribution in [1.82, 2.24) is 5.32 Å². The van der Waals surface area contributed by atoms with Crippen LogP contribution in [-0.2, 0) is 4.74 Å². The fourth-order valence-corrected chi connectivity index (χ4v) is 5.54. The minimum absolute atomic E-state index is 0.256. The second kappa shape index (κ2) is 6.54. The van der Waals surface area contributed by atoms with E-state index in [1.807, 2.05) is 0 Å². The smallest absolute Gasteiger partial charge is 0.0690 e. The lowest BCUT2D eigenvalue weighted by Gasteiger charge is -2.57. The molecule has 23 heavy (non-hydrogen) atoms. The Morgan fingerprint density at radius 1 is 1.22 bits per heavy atom. The Labute approximate surface area is 139 Å². The molecule has 3 heteroatoms. The van der Waals surface area contributed by atoms with E-state index in [4.69, 9.17) is 4.74 Å². The first-order valence-electron chi connectivity index (χ1n) is 9.36. The lowest BCUT2D eigenvalue weighted by Crippen LogP contribution is -2.67. The molecule has 0 radical (unpaired) electrons. The van der Waals surface area contributed by atoms with Gasteiger partial charge < -0.3 is 15.2 Å². The summed E-state index contributed by atoms with van der Waals surface area (Å²) in [5.74, 6) is 1.12. The topological polar surface area (TPSA) is 41.5 Å². The molecular weight excluding hydrogens is 286 g/mol. The van der Waals surface area contributed by atoms with Crippen LogP contribution < -0.4 is 5.32 Å². The number of fused-ring (bicyclic) bond motifs is 2. The Bertz CT molecular complexity index is 512. The Hall–Kier alpha value is -0.900. The molecule has 0 amide bonds. The van der Waals surface area contributed by atoms with E-state index in [2.05, 4.69) is 35.6 Å². The van der Waals surface area contributed by atoms with Crippen LogP contribution in [0.4, 0.5) is 0 Å². The van der Waals surface area contributed by atoms with Crippen LogP contribution in [0.1, 0.15) is 50.0 Å². The van der Waals surface area contributed by atoms with Gasteiger partial charge in [0.15, 0.2) is 0 Å². The zero-order valence-electron chi connectivity index (χ0n) is 13.9. The number of aliphatic hydroxyl groups excluding tert-OH is 1. The van der Waals surface area contributed by atoms with Crippen molar-refractivity contribution in [2.75, 3.05) is 19.8 Å². The van der Waals surface area contributed by atoms with Gasteiger partial charge in [0.25, 0.3) is 0 Å². The summed E-state index contributed by atoms with van der Waals surface area (Å²) in [5.41, 5.74) is 1.76. The third-order valence-corrected chi connectivity index (χ3v) is 6.62. The van der Waals surface area contributed by atoms with Gasteiger partial charge in [-0.2, -0.15) is 0 Å². The van der Waals surface area contributed by atoms with Crippen LogP contribution in [0.2, 0.25) is 0 Å². The summed E-state index contributed by atoms with van der Waals surface area (Å²) in [6.07, 6.45) is 7.98. The van der Waals surface area contributed by atoms with E-state index in [0.717, 1.165) is 25.5 Å². The Morgan fingerprint density at radius 3 is 2.74 bits per heavy atom. The molecule has 1 spiro atoms. The molecular formula is C20H29NO2. The summed E-state index contributed by atoms with van der Waals surface area (Å²) in [6, 6.07) is 11.3. The Morgan fingerprint density at radius 2 is 2.00 bits per heavy atom. The molecule has 2 aliphatic carbocycles. The number of benzene rings is 1. The summed E-state index contributed by atoms with van der Waals surface area (Å²) in [7, 11) is 0. The molecule has 0 aromatic heterocycles. The predicted octanol–water partition coefficient (Wildman–Crippen LogP) is 3.09. The normalized spacial score (nSPS) is 32.7. The van der Waals surface area contributed by atoms with Crippen molar-refractivity contribution in [3.63, 3.8) is 0 Å². The molecule has 1 aromatic rings. The van der Waals surface area contributed by atoms with Gasteiger partial charge in [0.05, 0.1) is 6.10 Å². The van der Waals surface area contributed by atoms with Crippen LogP contribution in [0.15, 0.2) is 30.3 Å². The van der Waals surface area contributed by atoms with Crippen LogP contribution in [0, 0.1) is 11.3 Å². The number of nitrogens with one attached hydrogen (secondary N) is 1. The average Bonchev–Trinajstić information content (AvgIpc) is 3.23. The first kappa shape index (κ1) is 15.6. The van der Waals surface area contributed by atoms with Crippen molar-refractivity contribution in [2.45, 2.75) is 56.6 Å². The van der Waals surface area contributed by atoms with Crippen LogP contribution in [-0.4, -0.2) is 37.0 Å². The standard InChI is InChI=1S/C20H29NO2/c22-12-8-16(15-6-2-1-3-7-15)14-21-18-17-9-13-23-19(17)20(18)10-4-5-11-20/h1-3,6-7,16-19,21-22H,4-5,8-14H2/t16?,17-,18?,19-/m0/s1. The van der Waals surface area contributed by atoms with E-state index in [0.29, 0.717) is 23.5 Å². The van der Waals surface area contributed by atoms with E-state index < -0.39 is 0 Å². The third kappa shape index (κ3) is 2.63. The SMILES string of the molecule is OCCC(CNC1[C@@H]2CCO[C@@H]2C12CCCC2)c1ccccc1. The van der Waals surface area contributed by atoms with Gasteiger partial charge in [0.2, 0.25) is 0 Å². The number of aliphatic hydroxyl groups is 1. The van der Waals surface area contributed by atoms with Crippen LogP contribution in [0.25, 0.3) is 0 Å². The van der Waals surface area contributed by atoms with Crippen LogP contribution >= 0.6 is 0 Å². The number of rotatable bonds is 6. The van der Waals surface area contributed by atoms with Crippen molar-refractivity contribution in [1.29, 1.82) is 0 Å². The van der Waals surface area contributed by atoms with Gasteiger partial charge in [-0.3, -0.25) is 0 Å². The van der Waals surface area contributed by atoms with E-state index in [1.165, 1.54) is 37.7 Å². The number of ether oxygens (including phenoxy) is 1. The molecule has 1 saturated heterocycles. The summed E-state index contributed by atoms with van der Waals surface area (Å²) in [5, 5.41) is 13.4. The van der Waals surface area contributed by atoms with Gasteiger partial charge in [0.1, 0.15) is 0 Å². The quantitative estimate of drug-likeness (QED) is 0.847.